The molecule has 0 saturated heterocycles. The van der Waals surface area contributed by atoms with Gasteiger partial charge in [0.1, 0.15) is 5.75 Å². The van der Waals surface area contributed by atoms with E-state index in [2.05, 4.69) is 10.3 Å². The van der Waals surface area contributed by atoms with Crippen LogP contribution < -0.4 is 10.1 Å². The maximum atomic E-state index is 12.5. The number of H-pyrrole nitrogens is 1. The molecule has 2 aromatic carbocycles. The summed E-state index contributed by atoms with van der Waals surface area (Å²) in [6.07, 6.45) is 1.55. The molecule has 0 unspecified atom stereocenters. The first-order valence-corrected chi connectivity index (χ1v) is 7.57. The van der Waals surface area contributed by atoms with Gasteiger partial charge in [0.05, 0.1) is 12.7 Å². The first-order chi connectivity index (χ1) is 11.5. The molecular weight excluding hydrogens is 304 g/mol. The number of nitrogens with one attached hydrogen (secondary N) is 2. The number of benzene rings is 2. The number of fused-ring (bicyclic) bond motifs is 1. The van der Waals surface area contributed by atoms with Crippen molar-refractivity contribution in [1.82, 2.24) is 4.98 Å². The Hall–Kier alpha value is -3.08. The van der Waals surface area contributed by atoms with Gasteiger partial charge in [0.15, 0.2) is 0 Å². The van der Waals surface area contributed by atoms with Crippen molar-refractivity contribution < 1.29 is 14.3 Å². The third-order valence-corrected chi connectivity index (χ3v) is 3.82. The van der Waals surface area contributed by atoms with E-state index >= 15 is 0 Å². The van der Waals surface area contributed by atoms with Crippen LogP contribution in [0, 0.1) is 13.8 Å². The number of anilines is 1. The number of ketones is 1. The number of aryl methyl sites for hydroxylation is 2. The van der Waals surface area contributed by atoms with Crippen molar-refractivity contribution in [3.63, 3.8) is 0 Å². The molecule has 24 heavy (non-hydrogen) atoms. The molecule has 0 atom stereocenters. The molecule has 0 fully saturated rings. The molecule has 0 aliphatic carbocycles. The van der Waals surface area contributed by atoms with Crippen molar-refractivity contribution in [2.24, 2.45) is 0 Å². The number of ether oxygens (including phenoxy) is 1. The van der Waals surface area contributed by atoms with E-state index in [1.54, 1.807) is 25.4 Å². The van der Waals surface area contributed by atoms with E-state index in [0.717, 1.165) is 16.6 Å². The highest BCUT2D eigenvalue weighted by Crippen LogP contribution is 2.24. The van der Waals surface area contributed by atoms with Crippen molar-refractivity contribution in [1.29, 1.82) is 0 Å². The fraction of sp³-hybridized carbons (Fsp3) is 0.158. The molecule has 0 aliphatic rings. The average molecular weight is 322 g/mol. The van der Waals surface area contributed by atoms with Gasteiger partial charge in [-0.2, -0.15) is 0 Å². The Morgan fingerprint density at radius 2 is 1.75 bits per heavy atom. The molecular formula is C19H18N2O3. The normalized spacial score (nSPS) is 10.6. The molecule has 5 heteroatoms. The molecule has 0 radical (unpaired) electrons. The topological polar surface area (TPSA) is 71.2 Å². The summed E-state index contributed by atoms with van der Waals surface area (Å²) in [6, 6.07) is 11.0. The zero-order chi connectivity index (χ0) is 17.3. The summed E-state index contributed by atoms with van der Waals surface area (Å²) in [5, 5.41) is 3.33. The van der Waals surface area contributed by atoms with Gasteiger partial charge >= 0.3 is 0 Å². The maximum absolute atomic E-state index is 12.5. The number of Topliss-reactive ketones (excluding diaryl/α,β-unsaturated/α-hetero) is 1. The average Bonchev–Trinajstić information content (AvgIpc) is 2.95. The zero-order valence-electron chi connectivity index (χ0n) is 13.8. The summed E-state index contributed by atoms with van der Waals surface area (Å²) >= 11 is 0. The van der Waals surface area contributed by atoms with Crippen molar-refractivity contribution >= 4 is 28.3 Å². The van der Waals surface area contributed by atoms with Gasteiger partial charge in [-0.1, -0.05) is 6.07 Å². The number of rotatable bonds is 4. The van der Waals surface area contributed by atoms with Crippen LogP contribution in [0.5, 0.6) is 5.75 Å². The van der Waals surface area contributed by atoms with Gasteiger partial charge in [-0.05, 0) is 55.3 Å². The Kier molecular flexibility index (Phi) is 4.08. The lowest BCUT2D eigenvalue weighted by Crippen LogP contribution is -2.22. The smallest absolute Gasteiger partial charge is 0.296 e. The summed E-state index contributed by atoms with van der Waals surface area (Å²) in [6.45, 7) is 3.88. The van der Waals surface area contributed by atoms with Gasteiger partial charge in [0, 0.05) is 22.8 Å². The summed E-state index contributed by atoms with van der Waals surface area (Å²) in [5.41, 5.74) is 3.76. The van der Waals surface area contributed by atoms with Gasteiger partial charge in [-0.3, -0.25) is 9.59 Å². The van der Waals surface area contributed by atoms with Crippen LogP contribution in [0.4, 0.5) is 5.69 Å². The lowest BCUT2D eigenvalue weighted by molar-refractivity contribution is -0.112. The van der Waals surface area contributed by atoms with Gasteiger partial charge in [0.25, 0.3) is 11.7 Å². The Morgan fingerprint density at radius 3 is 2.42 bits per heavy atom. The lowest BCUT2D eigenvalue weighted by atomic mass is 10.1. The van der Waals surface area contributed by atoms with Crippen molar-refractivity contribution in [2.45, 2.75) is 13.8 Å². The molecule has 2 N–H and O–H groups in total. The molecule has 0 aliphatic heterocycles. The SMILES string of the molecule is COc1ccc2[nH]cc(C(=O)C(=O)Nc3cc(C)cc(C)c3)c2c1. The molecule has 1 amide bonds. The monoisotopic (exact) mass is 322 g/mol. The summed E-state index contributed by atoms with van der Waals surface area (Å²) in [4.78, 5) is 27.8. The Balaban J connectivity index is 1.89. The second-order valence-corrected chi connectivity index (χ2v) is 5.77. The Labute approximate surface area is 139 Å². The predicted molar refractivity (Wildman–Crippen MR) is 93.7 cm³/mol. The minimum absolute atomic E-state index is 0.325. The van der Waals surface area contributed by atoms with Gasteiger partial charge in [0.2, 0.25) is 0 Å². The number of aromatic nitrogens is 1. The second kappa shape index (κ2) is 6.20. The summed E-state index contributed by atoms with van der Waals surface area (Å²) in [7, 11) is 1.56. The van der Waals surface area contributed by atoms with Crippen LogP contribution in [0.1, 0.15) is 21.5 Å². The van der Waals surface area contributed by atoms with Crippen LogP contribution in [-0.4, -0.2) is 23.8 Å². The molecule has 1 heterocycles. The van der Waals surface area contributed by atoms with E-state index in [1.165, 1.54) is 0 Å². The fourth-order valence-corrected chi connectivity index (χ4v) is 2.77. The maximum Gasteiger partial charge on any atom is 0.296 e. The summed E-state index contributed by atoms with van der Waals surface area (Å²) in [5.74, 6) is -0.622. The predicted octanol–water partition coefficient (Wildman–Crippen LogP) is 3.61. The quantitative estimate of drug-likeness (QED) is 0.569. The first-order valence-electron chi connectivity index (χ1n) is 7.57. The first kappa shape index (κ1) is 15.8. The third kappa shape index (κ3) is 3.01. The van der Waals surface area contributed by atoms with Gasteiger partial charge in [-0.15, -0.1) is 0 Å². The van der Waals surface area contributed by atoms with Crippen LogP contribution >= 0.6 is 0 Å². The largest absolute Gasteiger partial charge is 0.497 e. The van der Waals surface area contributed by atoms with Crippen LogP contribution in [0.15, 0.2) is 42.6 Å². The van der Waals surface area contributed by atoms with E-state index in [9.17, 15) is 9.59 Å². The molecule has 3 aromatic rings. The molecule has 5 nitrogen and oxygen atoms in total. The van der Waals surface area contributed by atoms with Crippen LogP contribution in [0.25, 0.3) is 10.9 Å². The van der Waals surface area contributed by atoms with Crippen LogP contribution in [-0.2, 0) is 4.79 Å². The number of hydrogen-bond acceptors (Lipinski definition) is 3. The summed E-state index contributed by atoms with van der Waals surface area (Å²) < 4.78 is 5.18. The molecule has 3 rings (SSSR count). The number of carbonyl (C=O) groups is 2. The zero-order valence-corrected chi connectivity index (χ0v) is 13.8. The number of hydrogen-bond donors (Lipinski definition) is 2. The molecule has 0 saturated carbocycles. The number of methoxy groups -OCH3 is 1. The van der Waals surface area contributed by atoms with Crippen molar-refractivity contribution in [3.8, 4) is 5.75 Å². The third-order valence-electron chi connectivity index (χ3n) is 3.82. The van der Waals surface area contributed by atoms with Crippen molar-refractivity contribution in [2.75, 3.05) is 12.4 Å². The van der Waals surface area contributed by atoms with Gasteiger partial charge in [-0.25, -0.2) is 0 Å². The highest BCUT2D eigenvalue weighted by atomic mass is 16.5. The highest BCUT2D eigenvalue weighted by molar-refractivity contribution is 6.48. The minimum atomic E-state index is -0.663. The van der Waals surface area contributed by atoms with Crippen LogP contribution in [0.2, 0.25) is 0 Å². The number of carbonyl (C=O) groups excluding carboxylic acids is 2. The standard InChI is InChI=1S/C19H18N2O3/c1-11-6-12(2)8-13(7-11)21-19(23)18(22)16-10-20-17-5-4-14(24-3)9-15(16)17/h4-10,20H,1-3H3,(H,21,23). The Morgan fingerprint density at radius 1 is 1.04 bits per heavy atom. The van der Waals surface area contributed by atoms with E-state index in [-0.39, 0.29) is 0 Å². The minimum Gasteiger partial charge on any atom is -0.497 e. The van der Waals surface area contributed by atoms with E-state index in [4.69, 9.17) is 4.74 Å². The number of aromatic amines is 1. The second-order valence-electron chi connectivity index (χ2n) is 5.77. The van der Waals surface area contributed by atoms with Crippen LogP contribution in [0.3, 0.4) is 0 Å². The highest BCUT2D eigenvalue weighted by Gasteiger charge is 2.20. The van der Waals surface area contributed by atoms with E-state index in [0.29, 0.717) is 22.4 Å². The van der Waals surface area contributed by atoms with E-state index in [1.807, 2.05) is 38.1 Å². The molecule has 122 valence electrons. The van der Waals surface area contributed by atoms with Gasteiger partial charge < -0.3 is 15.0 Å². The molecule has 0 bridgehead atoms. The molecule has 1 aromatic heterocycles. The number of amides is 1. The van der Waals surface area contributed by atoms with E-state index < -0.39 is 11.7 Å². The Bertz CT molecular complexity index is 921. The fourth-order valence-electron chi connectivity index (χ4n) is 2.77. The lowest BCUT2D eigenvalue weighted by Gasteiger charge is -2.07. The van der Waals surface area contributed by atoms with Crippen molar-refractivity contribution in [3.05, 3.63) is 59.3 Å². The molecule has 0 spiro atoms.